The maximum absolute atomic E-state index is 6.40. The summed E-state index contributed by atoms with van der Waals surface area (Å²) in [4.78, 5) is 4.31. The quantitative estimate of drug-likeness (QED) is 0.510. The topological polar surface area (TPSA) is 22.1 Å². The van der Waals surface area contributed by atoms with E-state index in [2.05, 4.69) is 20.9 Å². The number of hydrogen-bond acceptors (Lipinski definition) is 2. The molecule has 100 valence electrons. The number of ether oxygens (including phenoxy) is 1. The molecule has 2 nitrogen and oxygen atoms in total. The van der Waals surface area contributed by atoms with Crippen LogP contribution in [0.15, 0.2) is 53.0 Å². The van der Waals surface area contributed by atoms with Crippen molar-refractivity contribution in [2.24, 2.45) is 0 Å². The number of hydrogen-bond donors (Lipinski definition) is 0. The number of pyridine rings is 1. The molecule has 0 aliphatic heterocycles. The highest BCUT2D eigenvalue weighted by Crippen LogP contribution is 2.40. The van der Waals surface area contributed by atoms with Gasteiger partial charge in [-0.2, -0.15) is 0 Å². The van der Waals surface area contributed by atoms with Crippen LogP contribution in [0.1, 0.15) is 0 Å². The van der Waals surface area contributed by atoms with Crippen LogP contribution in [0.25, 0.3) is 10.9 Å². The Hall–Kier alpha value is -1.29. The third-order valence-corrected chi connectivity index (χ3v) is 3.89. The van der Waals surface area contributed by atoms with Gasteiger partial charge in [0.05, 0.1) is 10.5 Å². The van der Waals surface area contributed by atoms with E-state index in [1.165, 1.54) is 0 Å². The summed E-state index contributed by atoms with van der Waals surface area (Å²) in [6.45, 7) is 0. The number of benzene rings is 2. The van der Waals surface area contributed by atoms with Gasteiger partial charge in [-0.15, -0.1) is 0 Å². The summed E-state index contributed by atoms with van der Waals surface area (Å²) < 4.78 is 6.66. The van der Waals surface area contributed by atoms with Gasteiger partial charge in [0.25, 0.3) is 0 Å². The lowest BCUT2D eigenvalue weighted by Gasteiger charge is -2.11. The van der Waals surface area contributed by atoms with Crippen LogP contribution in [0.2, 0.25) is 10.2 Å². The SMILES string of the molecule is Clc1nc2ccc(Br)cc2c(Cl)c1Oc1ccccc1. The molecule has 0 radical (unpaired) electrons. The summed E-state index contributed by atoms with van der Waals surface area (Å²) >= 11 is 16.0. The van der Waals surface area contributed by atoms with Gasteiger partial charge >= 0.3 is 0 Å². The van der Waals surface area contributed by atoms with E-state index in [1.807, 2.05) is 48.5 Å². The monoisotopic (exact) mass is 367 g/mol. The summed E-state index contributed by atoms with van der Waals surface area (Å²) in [7, 11) is 0. The van der Waals surface area contributed by atoms with E-state index in [1.54, 1.807) is 0 Å². The molecule has 0 unspecified atom stereocenters. The third-order valence-electron chi connectivity index (χ3n) is 2.76. The Morgan fingerprint density at radius 2 is 1.75 bits per heavy atom. The molecular weight excluding hydrogens is 361 g/mol. The van der Waals surface area contributed by atoms with Crippen LogP contribution in [0.5, 0.6) is 11.5 Å². The van der Waals surface area contributed by atoms with E-state index >= 15 is 0 Å². The summed E-state index contributed by atoms with van der Waals surface area (Å²) in [6.07, 6.45) is 0. The average molecular weight is 369 g/mol. The Morgan fingerprint density at radius 3 is 2.50 bits per heavy atom. The van der Waals surface area contributed by atoms with Crippen LogP contribution in [0.4, 0.5) is 0 Å². The van der Waals surface area contributed by atoms with Crippen molar-refractivity contribution in [3.05, 3.63) is 63.2 Å². The molecule has 0 bridgehead atoms. The van der Waals surface area contributed by atoms with Crippen LogP contribution in [0.3, 0.4) is 0 Å². The summed E-state index contributed by atoms with van der Waals surface area (Å²) in [6, 6.07) is 15.0. The van der Waals surface area contributed by atoms with Crippen molar-refractivity contribution in [2.75, 3.05) is 0 Å². The van der Waals surface area contributed by atoms with E-state index < -0.39 is 0 Å². The first-order valence-corrected chi connectivity index (χ1v) is 7.37. The first kappa shape index (κ1) is 13.7. The molecule has 0 spiro atoms. The highest BCUT2D eigenvalue weighted by Gasteiger charge is 2.15. The lowest BCUT2D eigenvalue weighted by molar-refractivity contribution is 0.482. The molecule has 0 atom stereocenters. The molecule has 0 aliphatic rings. The van der Waals surface area contributed by atoms with Crippen LogP contribution in [-0.4, -0.2) is 4.98 Å². The van der Waals surface area contributed by atoms with E-state index in [-0.39, 0.29) is 5.15 Å². The molecule has 3 aromatic rings. The standard InChI is InChI=1S/C15H8BrCl2NO/c16-9-6-7-12-11(8-9)13(17)14(15(18)19-12)20-10-4-2-1-3-5-10/h1-8H. The molecule has 0 amide bonds. The number of para-hydroxylation sites is 1. The number of halogens is 3. The van der Waals surface area contributed by atoms with Gasteiger partial charge in [0.2, 0.25) is 0 Å². The molecule has 0 saturated heterocycles. The predicted octanol–water partition coefficient (Wildman–Crippen LogP) is 6.10. The second-order valence-corrected chi connectivity index (χ2v) is 5.77. The van der Waals surface area contributed by atoms with E-state index in [9.17, 15) is 0 Å². The summed E-state index contributed by atoms with van der Waals surface area (Å²) in [5.41, 5.74) is 0.726. The molecule has 20 heavy (non-hydrogen) atoms. The Balaban J connectivity index is 2.15. The molecule has 0 saturated carbocycles. The molecule has 1 heterocycles. The van der Waals surface area contributed by atoms with Crippen molar-refractivity contribution in [1.29, 1.82) is 0 Å². The molecule has 0 fully saturated rings. The fraction of sp³-hybridized carbons (Fsp3) is 0. The van der Waals surface area contributed by atoms with Gasteiger partial charge in [0.15, 0.2) is 10.9 Å². The molecule has 5 heteroatoms. The zero-order valence-electron chi connectivity index (χ0n) is 10.1. The smallest absolute Gasteiger partial charge is 0.183 e. The maximum atomic E-state index is 6.40. The van der Waals surface area contributed by atoms with E-state index in [0.29, 0.717) is 16.5 Å². The number of rotatable bonds is 2. The third kappa shape index (κ3) is 2.62. The molecular formula is C15H8BrCl2NO. The number of nitrogens with zero attached hydrogens (tertiary/aromatic N) is 1. The summed E-state index contributed by atoms with van der Waals surface area (Å²) in [5, 5.41) is 1.48. The average Bonchev–Trinajstić information content (AvgIpc) is 2.46. The minimum atomic E-state index is 0.244. The number of fused-ring (bicyclic) bond motifs is 1. The van der Waals surface area contributed by atoms with Crippen molar-refractivity contribution >= 4 is 50.0 Å². The van der Waals surface area contributed by atoms with Crippen molar-refractivity contribution in [1.82, 2.24) is 4.98 Å². The number of aromatic nitrogens is 1. The van der Waals surface area contributed by atoms with Gasteiger partial charge in [0.1, 0.15) is 5.75 Å². The molecule has 1 aromatic heterocycles. The molecule has 2 aromatic carbocycles. The van der Waals surface area contributed by atoms with Crippen LogP contribution in [0, 0.1) is 0 Å². The fourth-order valence-electron chi connectivity index (χ4n) is 1.84. The summed E-state index contributed by atoms with van der Waals surface area (Å²) in [5.74, 6) is 1.03. The van der Waals surface area contributed by atoms with Crippen LogP contribution < -0.4 is 4.74 Å². The Labute approximate surface area is 134 Å². The first-order chi connectivity index (χ1) is 9.65. The van der Waals surface area contributed by atoms with Gasteiger partial charge < -0.3 is 4.74 Å². The molecule has 0 N–H and O–H groups in total. The lowest BCUT2D eigenvalue weighted by Crippen LogP contribution is -1.91. The minimum absolute atomic E-state index is 0.244. The van der Waals surface area contributed by atoms with Crippen LogP contribution >= 0.6 is 39.1 Å². The second-order valence-electron chi connectivity index (χ2n) is 4.12. The van der Waals surface area contributed by atoms with Crippen molar-refractivity contribution in [2.45, 2.75) is 0 Å². The van der Waals surface area contributed by atoms with Crippen molar-refractivity contribution < 1.29 is 4.74 Å². The van der Waals surface area contributed by atoms with Gasteiger partial charge in [-0.05, 0) is 30.3 Å². The van der Waals surface area contributed by atoms with E-state index in [4.69, 9.17) is 27.9 Å². The predicted molar refractivity (Wildman–Crippen MR) is 86.0 cm³/mol. The van der Waals surface area contributed by atoms with Crippen molar-refractivity contribution in [3.63, 3.8) is 0 Å². The van der Waals surface area contributed by atoms with Gasteiger partial charge in [-0.1, -0.05) is 57.3 Å². The normalized spacial score (nSPS) is 10.8. The Bertz CT molecular complexity index is 778. The molecule has 0 aliphatic carbocycles. The van der Waals surface area contributed by atoms with Gasteiger partial charge in [-0.3, -0.25) is 0 Å². The highest BCUT2D eigenvalue weighted by molar-refractivity contribution is 9.10. The lowest BCUT2D eigenvalue weighted by atomic mass is 10.2. The zero-order chi connectivity index (χ0) is 14.1. The first-order valence-electron chi connectivity index (χ1n) is 5.82. The van der Waals surface area contributed by atoms with Crippen LogP contribution in [-0.2, 0) is 0 Å². The zero-order valence-corrected chi connectivity index (χ0v) is 13.2. The Morgan fingerprint density at radius 1 is 1.00 bits per heavy atom. The maximum Gasteiger partial charge on any atom is 0.183 e. The van der Waals surface area contributed by atoms with Crippen molar-refractivity contribution in [3.8, 4) is 11.5 Å². The molecule has 3 rings (SSSR count). The second kappa shape index (κ2) is 5.60. The van der Waals surface area contributed by atoms with Gasteiger partial charge in [-0.25, -0.2) is 4.98 Å². The van der Waals surface area contributed by atoms with Gasteiger partial charge in [0, 0.05) is 9.86 Å². The Kier molecular flexibility index (Phi) is 3.83. The highest BCUT2D eigenvalue weighted by atomic mass is 79.9. The van der Waals surface area contributed by atoms with E-state index in [0.717, 1.165) is 15.4 Å². The largest absolute Gasteiger partial charge is 0.453 e. The minimum Gasteiger partial charge on any atom is -0.453 e. The fourth-order valence-corrected chi connectivity index (χ4v) is 2.76.